The van der Waals surface area contributed by atoms with Gasteiger partial charge in [0.1, 0.15) is 0 Å². The second-order valence-electron chi connectivity index (χ2n) is 4.64. The van der Waals surface area contributed by atoms with Crippen LogP contribution in [0.2, 0.25) is 0 Å². The van der Waals surface area contributed by atoms with Crippen molar-refractivity contribution in [2.75, 3.05) is 11.1 Å². The van der Waals surface area contributed by atoms with Crippen LogP contribution in [-0.2, 0) is 0 Å². The summed E-state index contributed by atoms with van der Waals surface area (Å²) < 4.78 is 0. The van der Waals surface area contributed by atoms with Gasteiger partial charge in [-0.15, -0.1) is 0 Å². The lowest BCUT2D eigenvalue weighted by Gasteiger charge is -2.07. The van der Waals surface area contributed by atoms with Gasteiger partial charge in [-0.25, -0.2) is 0 Å². The summed E-state index contributed by atoms with van der Waals surface area (Å²) in [4.78, 5) is 0. The Labute approximate surface area is 114 Å². The van der Waals surface area contributed by atoms with Gasteiger partial charge < -0.3 is 11.1 Å². The molecule has 98 valence electrons. The molecule has 2 aromatic heterocycles. The number of hydrogen-bond acceptors (Lipinski definition) is 4. The van der Waals surface area contributed by atoms with E-state index in [9.17, 15) is 0 Å². The molecule has 2 heterocycles. The van der Waals surface area contributed by atoms with Gasteiger partial charge >= 0.3 is 0 Å². The van der Waals surface area contributed by atoms with E-state index in [1.807, 2.05) is 36.4 Å². The molecule has 6 heteroatoms. The minimum atomic E-state index is 0.647. The van der Waals surface area contributed by atoms with E-state index in [1.165, 1.54) is 0 Å². The molecular formula is C14H12N6. The third kappa shape index (κ3) is 1.58. The van der Waals surface area contributed by atoms with Crippen LogP contribution in [0, 0.1) is 0 Å². The Morgan fingerprint density at radius 2 is 1.95 bits per heavy atom. The van der Waals surface area contributed by atoms with Crippen molar-refractivity contribution in [3.05, 3.63) is 42.6 Å². The molecule has 0 spiro atoms. The fourth-order valence-electron chi connectivity index (χ4n) is 2.30. The summed E-state index contributed by atoms with van der Waals surface area (Å²) in [5.41, 5.74) is 9.42. The fraction of sp³-hybridized carbons (Fsp3) is 0. The first-order chi connectivity index (χ1) is 9.81. The van der Waals surface area contributed by atoms with Gasteiger partial charge in [-0.2, -0.15) is 10.2 Å². The van der Waals surface area contributed by atoms with Crippen molar-refractivity contribution >= 4 is 39.0 Å². The van der Waals surface area contributed by atoms with Gasteiger partial charge in [0.25, 0.3) is 0 Å². The molecule has 20 heavy (non-hydrogen) atoms. The van der Waals surface area contributed by atoms with E-state index < -0.39 is 0 Å². The minimum Gasteiger partial charge on any atom is -0.397 e. The minimum absolute atomic E-state index is 0.647. The van der Waals surface area contributed by atoms with E-state index in [0.29, 0.717) is 5.69 Å². The zero-order chi connectivity index (χ0) is 13.5. The highest BCUT2D eigenvalue weighted by Gasteiger charge is 2.08. The predicted molar refractivity (Wildman–Crippen MR) is 79.9 cm³/mol. The summed E-state index contributed by atoms with van der Waals surface area (Å²) in [6.07, 6.45) is 1.77. The van der Waals surface area contributed by atoms with E-state index >= 15 is 0 Å². The summed E-state index contributed by atoms with van der Waals surface area (Å²) in [5.74, 6) is 0.759. The predicted octanol–water partition coefficient (Wildman–Crippen LogP) is 2.77. The van der Waals surface area contributed by atoms with Crippen LogP contribution in [0.25, 0.3) is 21.8 Å². The largest absolute Gasteiger partial charge is 0.397 e. The third-order valence-corrected chi connectivity index (χ3v) is 3.33. The van der Waals surface area contributed by atoms with Crippen molar-refractivity contribution in [2.45, 2.75) is 0 Å². The maximum absolute atomic E-state index is 6.06. The molecular weight excluding hydrogens is 252 g/mol. The van der Waals surface area contributed by atoms with Crippen LogP contribution in [0.5, 0.6) is 0 Å². The number of para-hydroxylation sites is 1. The molecule has 0 bridgehead atoms. The highest BCUT2D eigenvalue weighted by atomic mass is 15.2. The molecule has 5 N–H and O–H groups in total. The first-order valence-corrected chi connectivity index (χ1v) is 6.24. The SMILES string of the molecule is Nc1cc2[nH]ncc2cc1Nc1n[nH]c2ccccc12. The molecule has 0 saturated heterocycles. The number of aromatic nitrogens is 4. The van der Waals surface area contributed by atoms with Crippen LogP contribution in [0.15, 0.2) is 42.6 Å². The normalized spacial score (nSPS) is 11.2. The molecule has 0 aliphatic heterocycles. The first-order valence-electron chi connectivity index (χ1n) is 6.24. The van der Waals surface area contributed by atoms with E-state index in [4.69, 9.17) is 5.73 Å². The Morgan fingerprint density at radius 1 is 1.05 bits per heavy atom. The van der Waals surface area contributed by atoms with Crippen molar-refractivity contribution in [3.8, 4) is 0 Å². The van der Waals surface area contributed by atoms with Gasteiger partial charge in [-0.05, 0) is 24.3 Å². The number of H-pyrrole nitrogens is 2. The maximum Gasteiger partial charge on any atom is 0.160 e. The number of nitrogen functional groups attached to an aromatic ring is 1. The molecule has 0 aliphatic carbocycles. The highest BCUT2D eigenvalue weighted by Crippen LogP contribution is 2.29. The van der Waals surface area contributed by atoms with Crippen molar-refractivity contribution < 1.29 is 0 Å². The number of fused-ring (bicyclic) bond motifs is 2. The molecule has 4 aromatic rings. The molecule has 0 radical (unpaired) electrons. The lowest BCUT2D eigenvalue weighted by Crippen LogP contribution is -1.97. The molecule has 0 saturated carbocycles. The summed E-state index contributed by atoms with van der Waals surface area (Å²) in [6, 6.07) is 11.8. The number of hydrogen-bond donors (Lipinski definition) is 4. The van der Waals surface area contributed by atoms with Gasteiger partial charge in [0, 0.05) is 10.8 Å². The Hall–Kier alpha value is -3.02. The van der Waals surface area contributed by atoms with Crippen molar-refractivity contribution in [1.29, 1.82) is 0 Å². The Balaban J connectivity index is 1.82. The third-order valence-electron chi connectivity index (χ3n) is 3.33. The lowest BCUT2D eigenvalue weighted by molar-refractivity contribution is 1.12. The van der Waals surface area contributed by atoms with Crippen molar-refractivity contribution in [2.24, 2.45) is 0 Å². The van der Waals surface area contributed by atoms with Crippen molar-refractivity contribution in [1.82, 2.24) is 20.4 Å². The van der Waals surface area contributed by atoms with E-state index in [-0.39, 0.29) is 0 Å². The van der Waals surface area contributed by atoms with Gasteiger partial charge in [-0.1, -0.05) is 12.1 Å². The number of anilines is 3. The molecule has 4 rings (SSSR count). The topological polar surface area (TPSA) is 95.4 Å². The van der Waals surface area contributed by atoms with Crippen LogP contribution in [-0.4, -0.2) is 20.4 Å². The van der Waals surface area contributed by atoms with Gasteiger partial charge in [0.15, 0.2) is 5.82 Å². The van der Waals surface area contributed by atoms with Crippen LogP contribution in [0.4, 0.5) is 17.2 Å². The smallest absolute Gasteiger partial charge is 0.160 e. The number of nitrogens with one attached hydrogen (secondary N) is 3. The number of rotatable bonds is 2. The summed E-state index contributed by atoms with van der Waals surface area (Å²) in [6.45, 7) is 0. The highest BCUT2D eigenvalue weighted by molar-refractivity contribution is 5.95. The molecule has 0 aliphatic rings. The maximum atomic E-state index is 6.06. The summed E-state index contributed by atoms with van der Waals surface area (Å²) in [7, 11) is 0. The second kappa shape index (κ2) is 3.99. The quantitative estimate of drug-likeness (QED) is 0.419. The van der Waals surface area contributed by atoms with Gasteiger partial charge in [-0.3, -0.25) is 10.2 Å². The number of nitrogens with zero attached hydrogens (tertiary/aromatic N) is 2. The zero-order valence-electron chi connectivity index (χ0n) is 10.5. The second-order valence-corrected chi connectivity index (χ2v) is 4.64. The fourth-order valence-corrected chi connectivity index (χ4v) is 2.30. The molecule has 0 fully saturated rings. The van der Waals surface area contributed by atoms with Crippen LogP contribution < -0.4 is 11.1 Å². The lowest BCUT2D eigenvalue weighted by atomic mass is 10.2. The number of benzene rings is 2. The zero-order valence-corrected chi connectivity index (χ0v) is 10.5. The average molecular weight is 264 g/mol. The molecule has 6 nitrogen and oxygen atoms in total. The van der Waals surface area contributed by atoms with Crippen molar-refractivity contribution in [3.63, 3.8) is 0 Å². The summed E-state index contributed by atoms with van der Waals surface area (Å²) in [5, 5.41) is 19.5. The van der Waals surface area contributed by atoms with Gasteiger partial charge in [0.2, 0.25) is 0 Å². The molecule has 0 amide bonds. The standard InChI is InChI=1S/C14H12N6/c15-10-6-12-8(7-16-18-12)5-13(10)17-14-9-3-1-2-4-11(9)19-20-14/h1-7H,15H2,(H,16,18)(H2,17,19,20). The Bertz CT molecular complexity index is 904. The average Bonchev–Trinajstić information content (AvgIpc) is 3.06. The molecule has 2 aromatic carbocycles. The molecule has 0 atom stereocenters. The van der Waals surface area contributed by atoms with Gasteiger partial charge in [0.05, 0.1) is 28.6 Å². The number of aromatic amines is 2. The molecule has 0 unspecified atom stereocenters. The Morgan fingerprint density at radius 3 is 2.90 bits per heavy atom. The van der Waals surface area contributed by atoms with E-state index in [1.54, 1.807) is 6.20 Å². The summed E-state index contributed by atoms with van der Waals surface area (Å²) >= 11 is 0. The van der Waals surface area contributed by atoms with E-state index in [2.05, 4.69) is 25.7 Å². The van der Waals surface area contributed by atoms with Crippen LogP contribution in [0.3, 0.4) is 0 Å². The Kier molecular flexibility index (Phi) is 2.17. The first kappa shape index (κ1) is 10.9. The van der Waals surface area contributed by atoms with Crippen LogP contribution >= 0.6 is 0 Å². The van der Waals surface area contributed by atoms with E-state index in [0.717, 1.165) is 33.3 Å². The monoisotopic (exact) mass is 264 g/mol. The number of nitrogens with two attached hydrogens (primary N) is 1. The van der Waals surface area contributed by atoms with Crippen LogP contribution in [0.1, 0.15) is 0 Å².